The lowest BCUT2D eigenvalue weighted by Gasteiger charge is -2.49. The first kappa shape index (κ1) is 17.1. The summed E-state index contributed by atoms with van der Waals surface area (Å²) in [7, 11) is 0. The molecule has 7 heteroatoms. The third-order valence-corrected chi connectivity index (χ3v) is 5.78. The number of rotatable bonds is 5. The summed E-state index contributed by atoms with van der Waals surface area (Å²) in [4.78, 5) is 2.08. The van der Waals surface area contributed by atoms with Crippen LogP contribution in [0.25, 0.3) is 0 Å². The van der Waals surface area contributed by atoms with Crippen LogP contribution in [0.15, 0.2) is 36.7 Å². The molecule has 1 aromatic heterocycles. The van der Waals surface area contributed by atoms with E-state index in [-0.39, 0.29) is 23.6 Å². The molecule has 0 amide bonds. The molecule has 5 nitrogen and oxygen atoms in total. The van der Waals surface area contributed by atoms with Gasteiger partial charge in [-0.25, -0.2) is 13.5 Å². The zero-order chi connectivity index (χ0) is 18.1. The van der Waals surface area contributed by atoms with Crippen molar-refractivity contribution in [1.29, 1.82) is 0 Å². The first-order valence-electron chi connectivity index (χ1n) is 9.13. The van der Waals surface area contributed by atoms with Gasteiger partial charge < -0.3 is 10.6 Å². The van der Waals surface area contributed by atoms with Gasteiger partial charge in [0.05, 0.1) is 18.8 Å². The number of hydrogen-bond acceptors (Lipinski definition) is 4. The van der Waals surface area contributed by atoms with Gasteiger partial charge in [-0.15, -0.1) is 5.10 Å². The Morgan fingerprint density at radius 1 is 1.15 bits per heavy atom. The fourth-order valence-electron chi connectivity index (χ4n) is 4.18. The zero-order valence-electron chi connectivity index (χ0n) is 14.6. The topological polar surface area (TPSA) is 60.0 Å². The molecule has 1 aromatic carbocycles. The summed E-state index contributed by atoms with van der Waals surface area (Å²) in [6.45, 7) is 0.656. The minimum absolute atomic E-state index is 0.00893. The minimum Gasteiger partial charge on any atom is -0.330 e. The van der Waals surface area contributed by atoms with Crippen LogP contribution in [0.4, 0.5) is 14.6 Å². The predicted octanol–water partition coefficient (Wildman–Crippen LogP) is 3.22. The van der Waals surface area contributed by atoms with Crippen LogP contribution in [0.3, 0.4) is 0 Å². The number of nitrogens with zero attached hydrogens (tertiary/aromatic N) is 4. The fraction of sp³-hybridized carbons (Fsp3) is 0.474. The van der Waals surface area contributed by atoms with Gasteiger partial charge in [0.1, 0.15) is 11.6 Å². The van der Waals surface area contributed by atoms with Gasteiger partial charge in [0, 0.05) is 23.7 Å². The summed E-state index contributed by atoms with van der Waals surface area (Å²) in [6.07, 6.45) is 11.8. The summed E-state index contributed by atoms with van der Waals surface area (Å²) >= 11 is 0. The first-order chi connectivity index (χ1) is 12.6. The maximum absolute atomic E-state index is 13.8. The zero-order valence-corrected chi connectivity index (χ0v) is 14.6. The monoisotopic (exact) mass is 359 g/mol. The van der Waals surface area contributed by atoms with Crippen LogP contribution < -0.4 is 10.6 Å². The molecular formula is C19H23F2N5. The van der Waals surface area contributed by atoms with E-state index in [1.165, 1.54) is 42.1 Å². The summed E-state index contributed by atoms with van der Waals surface area (Å²) in [5.41, 5.74) is 6.21. The van der Waals surface area contributed by atoms with Crippen molar-refractivity contribution in [2.45, 2.75) is 44.7 Å². The molecule has 1 aliphatic carbocycles. The average molecular weight is 359 g/mol. The Labute approximate surface area is 151 Å². The molecule has 1 aliphatic heterocycles. The van der Waals surface area contributed by atoms with Crippen LogP contribution in [0.5, 0.6) is 0 Å². The largest absolute Gasteiger partial charge is 0.330 e. The van der Waals surface area contributed by atoms with Gasteiger partial charge >= 0.3 is 0 Å². The smallest absolute Gasteiger partial charge is 0.175 e. The predicted molar refractivity (Wildman–Crippen MR) is 95.5 cm³/mol. The summed E-state index contributed by atoms with van der Waals surface area (Å²) in [5, 5.41) is 8.26. The Hall–Kier alpha value is -2.28. The van der Waals surface area contributed by atoms with Gasteiger partial charge in [-0.3, -0.25) is 0 Å². The second-order valence-electron chi connectivity index (χ2n) is 7.30. The molecule has 26 heavy (non-hydrogen) atoms. The highest BCUT2D eigenvalue weighted by Gasteiger charge is 2.44. The Kier molecular flexibility index (Phi) is 4.48. The molecule has 2 aliphatic rings. The van der Waals surface area contributed by atoms with Crippen molar-refractivity contribution in [3.05, 3.63) is 53.9 Å². The lowest BCUT2D eigenvalue weighted by molar-refractivity contribution is 0.167. The molecule has 2 aromatic rings. The normalized spacial score (nSPS) is 21.7. The van der Waals surface area contributed by atoms with E-state index in [9.17, 15) is 8.78 Å². The van der Waals surface area contributed by atoms with E-state index < -0.39 is 11.6 Å². The third-order valence-electron chi connectivity index (χ3n) is 5.78. The lowest BCUT2D eigenvalue weighted by atomic mass is 9.67. The van der Waals surface area contributed by atoms with E-state index in [0.29, 0.717) is 12.4 Å². The van der Waals surface area contributed by atoms with Crippen molar-refractivity contribution in [2.75, 3.05) is 11.4 Å². The molecule has 0 bridgehead atoms. The van der Waals surface area contributed by atoms with Crippen molar-refractivity contribution in [1.82, 2.24) is 15.0 Å². The highest BCUT2D eigenvalue weighted by atomic mass is 19.1. The van der Waals surface area contributed by atoms with Crippen LogP contribution in [0.1, 0.15) is 37.7 Å². The third kappa shape index (κ3) is 2.90. The molecular weight excluding hydrogens is 336 g/mol. The average Bonchev–Trinajstić information content (AvgIpc) is 3.06. The molecule has 0 spiro atoms. The number of aromatic nitrogens is 3. The van der Waals surface area contributed by atoms with Crippen molar-refractivity contribution in [3.8, 4) is 0 Å². The van der Waals surface area contributed by atoms with Gasteiger partial charge in [-0.05, 0) is 31.1 Å². The van der Waals surface area contributed by atoms with Crippen molar-refractivity contribution in [3.63, 3.8) is 0 Å². The Bertz CT molecular complexity index is 790. The van der Waals surface area contributed by atoms with E-state index in [1.54, 1.807) is 6.20 Å². The van der Waals surface area contributed by atoms with Gasteiger partial charge in [-0.1, -0.05) is 30.5 Å². The van der Waals surface area contributed by atoms with Crippen LogP contribution in [0.2, 0.25) is 0 Å². The highest BCUT2D eigenvalue weighted by molar-refractivity contribution is 5.50. The summed E-state index contributed by atoms with van der Waals surface area (Å²) in [5.74, 6) is -0.464. The summed E-state index contributed by atoms with van der Waals surface area (Å²) < 4.78 is 29.2. The Morgan fingerprint density at radius 2 is 1.88 bits per heavy atom. The lowest BCUT2D eigenvalue weighted by Crippen LogP contribution is -2.54. The molecule has 2 N–H and O–H groups in total. The van der Waals surface area contributed by atoms with Crippen LogP contribution in [0, 0.1) is 17.0 Å². The number of anilines is 1. The van der Waals surface area contributed by atoms with Crippen LogP contribution in [-0.2, 0) is 6.54 Å². The molecule has 1 fully saturated rings. The highest BCUT2D eigenvalue weighted by Crippen LogP contribution is 2.44. The second-order valence-corrected chi connectivity index (χ2v) is 7.30. The minimum atomic E-state index is -0.576. The van der Waals surface area contributed by atoms with Crippen molar-refractivity contribution < 1.29 is 8.78 Å². The van der Waals surface area contributed by atoms with Gasteiger partial charge in [0.2, 0.25) is 0 Å². The Balaban J connectivity index is 1.52. The molecule has 138 valence electrons. The maximum Gasteiger partial charge on any atom is 0.175 e. The maximum atomic E-state index is 13.8. The number of nitrogens with two attached hydrogens (primary N) is 1. The van der Waals surface area contributed by atoms with E-state index in [4.69, 9.17) is 5.73 Å². The molecule has 1 unspecified atom stereocenters. The van der Waals surface area contributed by atoms with Crippen LogP contribution in [-0.4, -0.2) is 27.6 Å². The molecule has 4 rings (SSSR count). The second kappa shape index (κ2) is 6.79. The van der Waals surface area contributed by atoms with Crippen molar-refractivity contribution in [2.24, 2.45) is 11.1 Å². The Morgan fingerprint density at radius 3 is 2.50 bits per heavy atom. The van der Waals surface area contributed by atoms with E-state index >= 15 is 0 Å². The standard InChI is InChI=1S/C19H23F2N5/c20-15-5-4-6-16(21)14(15)11-25-12-18(23-24-25)26-10-7-17(26)19(13-22)8-2-1-3-9-19/h4-7,10,12,17H,1-3,8-9,11,13,22H2. The number of halogens is 2. The molecule has 1 atom stereocenters. The first-order valence-corrected chi connectivity index (χ1v) is 9.13. The van der Waals surface area contributed by atoms with E-state index in [0.717, 1.165) is 12.8 Å². The molecule has 2 heterocycles. The summed E-state index contributed by atoms with van der Waals surface area (Å²) in [6, 6.07) is 4.06. The SMILES string of the molecule is NCC1(C2C=CN2c2cn(Cc3c(F)cccc3F)nn2)CCCCC1. The molecule has 0 radical (unpaired) electrons. The van der Waals surface area contributed by atoms with E-state index in [2.05, 4.69) is 21.3 Å². The quantitative estimate of drug-likeness (QED) is 0.891. The number of hydrogen-bond donors (Lipinski definition) is 1. The van der Waals surface area contributed by atoms with Gasteiger partial charge in [0.25, 0.3) is 0 Å². The molecule has 0 saturated heterocycles. The van der Waals surface area contributed by atoms with Gasteiger partial charge in [0.15, 0.2) is 5.82 Å². The van der Waals surface area contributed by atoms with Crippen LogP contribution >= 0.6 is 0 Å². The fourth-order valence-corrected chi connectivity index (χ4v) is 4.18. The van der Waals surface area contributed by atoms with Crippen molar-refractivity contribution >= 4 is 5.82 Å². The van der Waals surface area contributed by atoms with E-state index in [1.807, 2.05) is 6.20 Å². The van der Waals surface area contributed by atoms with Gasteiger partial charge in [-0.2, -0.15) is 0 Å². The number of benzene rings is 1. The molecule has 1 saturated carbocycles.